The Balaban J connectivity index is 1.80. The molecule has 1 atom stereocenters. The van der Waals surface area contributed by atoms with Crippen LogP contribution in [0.5, 0.6) is 17.2 Å². The van der Waals surface area contributed by atoms with E-state index in [4.69, 9.17) is 14.2 Å². The van der Waals surface area contributed by atoms with E-state index in [9.17, 15) is 9.59 Å². The van der Waals surface area contributed by atoms with Crippen LogP contribution in [0.2, 0.25) is 0 Å². The third kappa shape index (κ3) is 4.58. The van der Waals surface area contributed by atoms with Gasteiger partial charge in [-0.1, -0.05) is 0 Å². The Labute approximate surface area is 166 Å². The minimum absolute atomic E-state index is 0.0224. The molecule has 0 aromatic heterocycles. The molecule has 1 aromatic rings. The highest BCUT2D eigenvalue weighted by atomic mass is 16.6. The van der Waals surface area contributed by atoms with Crippen LogP contribution < -0.4 is 14.2 Å². The smallest absolute Gasteiger partial charge is 0.329 e. The van der Waals surface area contributed by atoms with Crippen molar-refractivity contribution in [2.75, 3.05) is 40.4 Å². The molecule has 0 saturated carbocycles. The van der Waals surface area contributed by atoms with E-state index in [1.165, 1.54) is 14.2 Å². The fraction of sp³-hybridized carbons (Fsp3) is 0.619. The van der Waals surface area contributed by atoms with Gasteiger partial charge >= 0.3 is 5.97 Å². The summed E-state index contributed by atoms with van der Waals surface area (Å²) in [5, 5.41) is 0. The molecule has 3 rings (SSSR count). The van der Waals surface area contributed by atoms with Crippen molar-refractivity contribution in [2.24, 2.45) is 0 Å². The number of benzene rings is 1. The second-order valence-electron chi connectivity index (χ2n) is 7.47. The third-order valence-corrected chi connectivity index (χ3v) is 5.49. The number of methoxy groups -OCH3 is 2. The molecule has 2 aliphatic rings. The van der Waals surface area contributed by atoms with Crippen LogP contribution in [0.3, 0.4) is 0 Å². The number of likely N-dealkylation sites (tertiary alicyclic amines) is 2. The molecule has 0 spiro atoms. The second-order valence-corrected chi connectivity index (χ2v) is 7.47. The fourth-order valence-electron chi connectivity index (χ4n) is 3.96. The van der Waals surface area contributed by atoms with Crippen LogP contribution in [0.15, 0.2) is 12.1 Å². The number of aryl methyl sites for hydroxylation is 1. The molecule has 7 heteroatoms. The molecule has 2 fully saturated rings. The minimum Gasteiger partial charge on any atom is -0.493 e. The molecule has 1 amide bonds. The highest BCUT2D eigenvalue weighted by molar-refractivity contribution is 5.87. The first kappa shape index (κ1) is 20.5. The lowest BCUT2D eigenvalue weighted by Crippen LogP contribution is -2.45. The lowest BCUT2D eigenvalue weighted by molar-refractivity contribution is -0.144. The highest BCUT2D eigenvalue weighted by Gasteiger charge is 2.34. The van der Waals surface area contributed by atoms with Gasteiger partial charge in [-0.2, -0.15) is 0 Å². The van der Waals surface area contributed by atoms with Gasteiger partial charge in [0.2, 0.25) is 11.7 Å². The number of esters is 1. The summed E-state index contributed by atoms with van der Waals surface area (Å²) < 4.78 is 16.5. The van der Waals surface area contributed by atoms with Crippen molar-refractivity contribution in [3.63, 3.8) is 0 Å². The fourth-order valence-corrected chi connectivity index (χ4v) is 3.96. The number of carbonyl (C=O) groups is 2. The van der Waals surface area contributed by atoms with Gasteiger partial charge in [-0.05, 0) is 63.4 Å². The van der Waals surface area contributed by atoms with Gasteiger partial charge in [-0.25, -0.2) is 4.79 Å². The molecular weight excluding hydrogens is 360 g/mol. The van der Waals surface area contributed by atoms with Crippen LogP contribution in [0, 0.1) is 6.92 Å². The average Bonchev–Trinajstić information content (AvgIpc) is 3.40. The van der Waals surface area contributed by atoms with E-state index in [-0.39, 0.29) is 18.1 Å². The predicted octanol–water partition coefficient (Wildman–Crippen LogP) is 2.39. The van der Waals surface area contributed by atoms with E-state index in [0.29, 0.717) is 11.5 Å². The van der Waals surface area contributed by atoms with Crippen molar-refractivity contribution in [1.82, 2.24) is 9.80 Å². The molecule has 28 heavy (non-hydrogen) atoms. The monoisotopic (exact) mass is 390 g/mol. The Morgan fingerprint density at radius 2 is 1.50 bits per heavy atom. The van der Waals surface area contributed by atoms with Crippen LogP contribution in [-0.2, 0) is 9.59 Å². The molecule has 154 valence electrons. The third-order valence-electron chi connectivity index (χ3n) is 5.49. The maximum Gasteiger partial charge on any atom is 0.329 e. The number of amides is 1. The Hall–Kier alpha value is -2.28. The van der Waals surface area contributed by atoms with Gasteiger partial charge in [0.15, 0.2) is 11.5 Å². The molecule has 1 unspecified atom stereocenters. The van der Waals surface area contributed by atoms with E-state index in [1.54, 1.807) is 12.1 Å². The molecule has 2 heterocycles. The van der Waals surface area contributed by atoms with Gasteiger partial charge in [-0.15, -0.1) is 0 Å². The molecular formula is C21H30N2O5. The quantitative estimate of drug-likeness (QED) is 0.526. The lowest BCUT2D eigenvalue weighted by atomic mass is 10.1. The van der Waals surface area contributed by atoms with Gasteiger partial charge in [-0.3, -0.25) is 9.69 Å². The van der Waals surface area contributed by atoms with Crippen LogP contribution in [0.1, 0.15) is 37.7 Å². The summed E-state index contributed by atoms with van der Waals surface area (Å²) in [5.74, 6) is 0.731. The summed E-state index contributed by atoms with van der Waals surface area (Å²) in [5.41, 5.74) is 0.939. The maximum atomic E-state index is 13.1. The van der Waals surface area contributed by atoms with Crippen molar-refractivity contribution in [2.45, 2.75) is 45.1 Å². The first-order chi connectivity index (χ1) is 13.5. The summed E-state index contributed by atoms with van der Waals surface area (Å²) in [6.45, 7) is 5.07. The zero-order chi connectivity index (χ0) is 20.1. The summed E-state index contributed by atoms with van der Waals surface area (Å²) in [4.78, 5) is 29.7. The number of hydrogen-bond donors (Lipinski definition) is 0. The van der Waals surface area contributed by atoms with Crippen LogP contribution >= 0.6 is 0 Å². The number of hydrogen-bond acceptors (Lipinski definition) is 6. The second kappa shape index (κ2) is 9.28. The first-order valence-electron chi connectivity index (χ1n) is 9.99. The molecule has 1 aromatic carbocycles. The van der Waals surface area contributed by atoms with Crippen LogP contribution in [0.25, 0.3) is 0 Å². The summed E-state index contributed by atoms with van der Waals surface area (Å²) in [7, 11) is 3.06. The van der Waals surface area contributed by atoms with Crippen LogP contribution in [0.4, 0.5) is 0 Å². The zero-order valence-electron chi connectivity index (χ0n) is 17.0. The summed E-state index contributed by atoms with van der Waals surface area (Å²) in [6, 6.07) is 3.00. The normalized spacial score (nSPS) is 18.2. The Kier molecular flexibility index (Phi) is 6.78. The van der Waals surface area contributed by atoms with Gasteiger partial charge in [0.25, 0.3) is 0 Å². The van der Waals surface area contributed by atoms with Gasteiger partial charge in [0.05, 0.1) is 20.6 Å². The van der Waals surface area contributed by atoms with E-state index in [2.05, 4.69) is 4.90 Å². The van der Waals surface area contributed by atoms with Gasteiger partial charge in [0.1, 0.15) is 6.04 Å². The zero-order valence-corrected chi connectivity index (χ0v) is 17.0. The van der Waals surface area contributed by atoms with Crippen molar-refractivity contribution in [3.8, 4) is 17.2 Å². The molecule has 7 nitrogen and oxygen atoms in total. The maximum absolute atomic E-state index is 13.1. The van der Waals surface area contributed by atoms with E-state index < -0.39 is 12.0 Å². The number of ether oxygens (including phenoxy) is 3. The Bertz CT molecular complexity index is 684. The molecule has 2 aliphatic heterocycles. The van der Waals surface area contributed by atoms with Crippen molar-refractivity contribution < 1.29 is 23.8 Å². The lowest BCUT2D eigenvalue weighted by Gasteiger charge is -2.27. The largest absolute Gasteiger partial charge is 0.493 e. The van der Waals surface area contributed by atoms with Crippen molar-refractivity contribution >= 4 is 11.9 Å². The molecule has 2 saturated heterocycles. The first-order valence-corrected chi connectivity index (χ1v) is 9.99. The summed E-state index contributed by atoms with van der Waals surface area (Å²) in [6.07, 6.45) is 4.26. The van der Waals surface area contributed by atoms with Crippen LogP contribution in [-0.4, -0.2) is 68.1 Å². The Morgan fingerprint density at radius 3 is 2.04 bits per heavy atom. The minimum atomic E-state index is -0.591. The Morgan fingerprint density at radius 1 is 0.964 bits per heavy atom. The topological polar surface area (TPSA) is 68.3 Å². The molecule has 0 aliphatic carbocycles. The molecule has 0 N–H and O–H groups in total. The van der Waals surface area contributed by atoms with E-state index >= 15 is 0 Å². The summed E-state index contributed by atoms with van der Waals surface area (Å²) >= 11 is 0. The standard InChI is InChI=1S/C21H30N2O5/c1-15-12-17(26-2)20(18(13-15)27-3)28-21(25)16(22-8-4-5-9-22)14-19(24)23-10-6-7-11-23/h12-13,16H,4-11,14H2,1-3H3. The van der Waals surface area contributed by atoms with E-state index in [0.717, 1.165) is 57.4 Å². The number of carbonyl (C=O) groups excluding carboxylic acids is 2. The van der Waals surface area contributed by atoms with E-state index in [1.807, 2.05) is 11.8 Å². The predicted molar refractivity (Wildman–Crippen MR) is 105 cm³/mol. The SMILES string of the molecule is COc1cc(C)cc(OC)c1OC(=O)C(CC(=O)N1CCCC1)N1CCCC1. The van der Waals surface area contributed by atoms with Gasteiger partial charge in [0, 0.05) is 13.1 Å². The average molecular weight is 390 g/mol. The molecule has 0 bridgehead atoms. The highest BCUT2D eigenvalue weighted by Crippen LogP contribution is 2.39. The van der Waals surface area contributed by atoms with Crippen molar-refractivity contribution in [3.05, 3.63) is 17.7 Å². The number of nitrogens with zero attached hydrogens (tertiary/aromatic N) is 2. The number of rotatable bonds is 7. The van der Waals surface area contributed by atoms with Gasteiger partial charge < -0.3 is 19.1 Å². The molecule has 0 radical (unpaired) electrons. The van der Waals surface area contributed by atoms with Crippen molar-refractivity contribution in [1.29, 1.82) is 0 Å².